The zero-order valence-electron chi connectivity index (χ0n) is 23.9. The van der Waals surface area contributed by atoms with Gasteiger partial charge in [-0.3, -0.25) is 4.79 Å². The number of methoxy groups -OCH3 is 2. The molecule has 0 aliphatic rings. The molecule has 41 heavy (non-hydrogen) atoms. The fourth-order valence-electron chi connectivity index (χ4n) is 2.95. The van der Waals surface area contributed by atoms with Gasteiger partial charge >= 0.3 is 17.9 Å². The largest absolute Gasteiger partial charge is 0.497 e. The van der Waals surface area contributed by atoms with Crippen molar-refractivity contribution in [3.63, 3.8) is 0 Å². The van der Waals surface area contributed by atoms with Crippen molar-refractivity contribution in [3.05, 3.63) is 71.8 Å². The second-order valence-electron chi connectivity index (χ2n) is 8.57. The summed E-state index contributed by atoms with van der Waals surface area (Å²) in [6.07, 6.45) is 10.2. The van der Waals surface area contributed by atoms with Crippen LogP contribution in [0, 0.1) is 0 Å². The number of aliphatic hydroxyl groups excluding tert-OH is 2. The van der Waals surface area contributed by atoms with E-state index in [1.165, 1.54) is 25.0 Å². The number of hydrogen-bond acceptors (Lipinski definition) is 8. The van der Waals surface area contributed by atoms with Crippen LogP contribution in [-0.2, 0) is 19.1 Å². The molecule has 0 spiro atoms. The molecule has 0 fully saturated rings. The predicted molar refractivity (Wildman–Crippen MR) is 157 cm³/mol. The highest BCUT2D eigenvalue weighted by molar-refractivity contribution is 5.85. The van der Waals surface area contributed by atoms with Crippen LogP contribution >= 0.6 is 0 Å². The standard InChI is InChI=1S/C11H22O4.2C10H10O3/c1-2-3-4-5-6-7-11(14)15-9-10(13)8-12;2*1-13-9-5-2-8(3-6-9)4-7-10(11)12/h10,12-13H,2-9H2,1H3;2*2-7H,1H3,(H,11,12). The molecule has 1 unspecified atom stereocenters. The third kappa shape index (κ3) is 21.4. The van der Waals surface area contributed by atoms with E-state index in [4.69, 9.17) is 34.6 Å². The van der Waals surface area contributed by atoms with Crippen molar-refractivity contribution in [2.45, 2.75) is 51.6 Å². The molecule has 226 valence electrons. The molecule has 0 heterocycles. The fourth-order valence-corrected chi connectivity index (χ4v) is 2.95. The van der Waals surface area contributed by atoms with E-state index in [1.807, 2.05) is 0 Å². The molecular weight excluding hydrogens is 532 g/mol. The van der Waals surface area contributed by atoms with Crippen molar-refractivity contribution in [1.82, 2.24) is 0 Å². The summed E-state index contributed by atoms with van der Waals surface area (Å²) in [6, 6.07) is 14.3. The van der Waals surface area contributed by atoms with Crippen LogP contribution in [0.3, 0.4) is 0 Å². The van der Waals surface area contributed by atoms with Crippen molar-refractivity contribution in [3.8, 4) is 11.5 Å². The number of aliphatic carboxylic acids is 2. The maximum absolute atomic E-state index is 11.1. The van der Waals surface area contributed by atoms with Crippen molar-refractivity contribution in [2.24, 2.45) is 0 Å². The molecule has 1 atom stereocenters. The van der Waals surface area contributed by atoms with Gasteiger partial charge in [0.05, 0.1) is 20.8 Å². The molecule has 0 radical (unpaired) electrons. The highest BCUT2D eigenvalue weighted by Gasteiger charge is 2.07. The first-order chi connectivity index (χ1) is 19.6. The van der Waals surface area contributed by atoms with Crippen LogP contribution in [0.1, 0.15) is 56.6 Å². The topological polar surface area (TPSA) is 160 Å². The van der Waals surface area contributed by atoms with Crippen LogP contribution < -0.4 is 9.47 Å². The van der Waals surface area contributed by atoms with Gasteiger partial charge in [0, 0.05) is 18.6 Å². The Bertz CT molecular complexity index is 976. The van der Waals surface area contributed by atoms with Crippen LogP contribution in [0.5, 0.6) is 11.5 Å². The molecule has 10 nitrogen and oxygen atoms in total. The van der Waals surface area contributed by atoms with Gasteiger partial charge in [0.2, 0.25) is 0 Å². The quantitative estimate of drug-likeness (QED) is 0.132. The summed E-state index contributed by atoms with van der Waals surface area (Å²) in [6.45, 7) is 1.67. The first-order valence-electron chi connectivity index (χ1n) is 13.2. The van der Waals surface area contributed by atoms with Gasteiger partial charge in [-0.2, -0.15) is 0 Å². The molecule has 0 amide bonds. The van der Waals surface area contributed by atoms with Gasteiger partial charge < -0.3 is 34.6 Å². The molecule has 0 aliphatic heterocycles. The minimum absolute atomic E-state index is 0.107. The molecular formula is C31H42O10. The number of benzene rings is 2. The monoisotopic (exact) mass is 574 g/mol. The van der Waals surface area contributed by atoms with Gasteiger partial charge in [-0.1, -0.05) is 56.9 Å². The Morgan fingerprint density at radius 1 is 0.756 bits per heavy atom. The normalized spacial score (nSPS) is 11.0. The second-order valence-corrected chi connectivity index (χ2v) is 8.57. The number of unbranched alkanes of at least 4 members (excludes halogenated alkanes) is 4. The zero-order chi connectivity index (χ0) is 30.9. The number of carbonyl (C=O) groups is 3. The lowest BCUT2D eigenvalue weighted by molar-refractivity contribution is -0.147. The molecule has 0 saturated carbocycles. The van der Waals surface area contributed by atoms with Gasteiger partial charge in [0.15, 0.2) is 0 Å². The second kappa shape index (κ2) is 23.7. The van der Waals surface area contributed by atoms with Crippen LogP contribution in [0.2, 0.25) is 0 Å². The molecule has 2 aromatic rings. The number of esters is 1. The molecule has 4 N–H and O–H groups in total. The summed E-state index contributed by atoms with van der Waals surface area (Å²) < 4.78 is 14.7. The minimum atomic E-state index is -0.950. The summed E-state index contributed by atoms with van der Waals surface area (Å²) in [5.41, 5.74) is 1.67. The number of carboxylic acids is 2. The van der Waals surface area contributed by atoms with E-state index in [1.54, 1.807) is 62.8 Å². The fraction of sp³-hybridized carbons (Fsp3) is 0.387. The summed E-state index contributed by atoms with van der Waals surface area (Å²) in [4.78, 5) is 31.4. The minimum Gasteiger partial charge on any atom is -0.497 e. The van der Waals surface area contributed by atoms with Crippen LogP contribution in [0.15, 0.2) is 60.7 Å². The number of carbonyl (C=O) groups excluding carboxylic acids is 1. The lowest BCUT2D eigenvalue weighted by Gasteiger charge is -2.08. The van der Waals surface area contributed by atoms with E-state index in [9.17, 15) is 14.4 Å². The van der Waals surface area contributed by atoms with E-state index < -0.39 is 18.0 Å². The maximum Gasteiger partial charge on any atom is 0.328 e. The molecule has 2 aromatic carbocycles. The molecule has 0 bridgehead atoms. The number of rotatable bonds is 15. The molecule has 10 heteroatoms. The van der Waals surface area contributed by atoms with Crippen LogP contribution in [0.4, 0.5) is 0 Å². The van der Waals surface area contributed by atoms with Crippen LogP contribution in [0.25, 0.3) is 12.2 Å². The molecule has 0 saturated heterocycles. The first kappa shape index (κ1) is 36.8. The summed E-state index contributed by atoms with van der Waals surface area (Å²) >= 11 is 0. The molecule has 0 aliphatic carbocycles. The van der Waals surface area contributed by atoms with Crippen molar-refractivity contribution >= 4 is 30.1 Å². The van der Waals surface area contributed by atoms with Gasteiger partial charge in [-0.05, 0) is 54.0 Å². The third-order valence-electron chi connectivity index (χ3n) is 5.20. The highest BCUT2D eigenvalue weighted by atomic mass is 16.5. The predicted octanol–water partition coefficient (Wildman–Crippen LogP) is 4.83. The number of ether oxygens (including phenoxy) is 3. The number of aliphatic hydroxyl groups is 2. The first-order valence-corrected chi connectivity index (χ1v) is 13.2. The van der Waals surface area contributed by atoms with Crippen molar-refractivity contribution in [1.29, 1.82) is 0 Å². The van der Waals surface area contributed by atoms with E-state index in [2.05, 4.69) is 6.92 Å². The Hall–Kier alpha value is -4.15. The molecule has 0 aromatic heterocycles. The average molecular weight is 575 g/mol. The summed E-state index contributed by atoms with van der Waals surface area (Å²) in [7, 11) is 3.17. The van der Waals surface area contributed by atoms with Crippen LogP contribution in [-0.4, -0.2) is 71.9 Å². The average Bonchev–Trinajstić information content (AvgIpc) is 2.98. The number of carboxylic acid groups (broad SMARTS) is 2. The Kier molecular flexibility index (Phi) is 21.3. The van der Waals surface area contributed by atoms with E-state index in [0.29, 0.717) is 6.42 Å². The smallest absolute Gasteiger partial charge is 0.328 e. The van der Waals surface area contributed by atoms with Gasteiger partial charge in [-0.25, -0.2) is 9.59 Å². The van der Waals surface area contributed by atoms with Gasteiger partial charge in [0.25, 0.3) is 0 Å². The summed E-state index contributed by atoms with van der Waals surface area (Å²) in [5.74, 6) is -0.675. The Balaban J connectivity index is 0.000000587. The van der Waals surface area contributed by atoms with E-state index in [0.717, 1.165) is 54.0 Å². The van der Waals surface area contributed by atoms with E-state index in [-0.39, 0.29) is 19.2 Å². The van der Waals surface area contributed by atoms with Gasteiger partial charge in [0.1, 0.15) is 24.2 Å². The third-order valence-corrected chi connectivity index (χ3v) is 5.20. The zero-order valence-corrected chi connectivity index (χ0v) is 23.9. The van der Waals surface area contributed by atoms with E-state index >= 15 is 0 Å². The lowest BCUT2D eigenvalue weighted by atomic mass is 10.1. The Morgan fingerprint density at radius 3 is 1.56 bits per heavy atom. The summed E-state index contributed by atoms with van der Waals surface area (Å²) in [5, 5.41) is 34.1. The Labute approximate surface area is 241 Å². The SMILES string of the molecule is CCCCCCCC(=O)OCC(O)CO.COc1ccc(C=CC(=O)O)cc1.COc1ccc(C=CC(=O)O)cc1. The van der Waals surface area contributed by atoms with Crippen molar-refractivity contribution < 1.29 is 49.0 Å². The van der Waals surface area contributed by atoms with Crippen molar-refractivity contribution in [2.75, 3.05) is 27.4 Å². The Morgan fingerprint density at radius 2 is 1.20 bits per heavy atom. The highest BCUT2D eigenvalue weighted by Crippen LogP contribution is 2.13. The number of hydrogen-bond donors (Lipinski definition) is 4. The molecule has 2 rings (SSSR count). The lowest BCUT2D eigenvalue weighted by Crippen LogP contribution is -2.21. The maximum atomic E-state index is 11.1. The van der Waals surface area contributed by atoms with Gasteiger partial charge in [-0.15, -0.1) is 0 Å².